The lowest BCUT2D eigenvalue weighted by molar-refractivity contribution is -0.142. The highest BCUT2D eigenvalue weighted by atomic mass is 79.9. The molecule has 1 aromatic rings. The molecule has 0 aromatic carbocycles. The van der Waals surface area contributed by atoms with E-state index in [1.807, 2.05) is 0 Å². The van der Waals surface area contributed by atoms with Gasteiger partial charge in [-0.05, 0) is 60.3 Å². The number of halogens is 4. The summed E-state index contributed by atoms with van der Waals surface area (Å²) in [7, 11) is 0. The molecule has 0 saturated heterocycles. The Balaban J connectivity index is 1.51. The van der Waals surface area contributed by atoms with Gasteiger partial charge in [0.15, 0.2) is 10.8 Å². The lowest BCUT2D eigenvalue weighted by Crippen LogP contribution is -2.41. The van der Waals surface area contributed by atoms with Crippen molar-refractivity contribution < 1.29 is 13.2 Å². The molecule has 4 nitrogen and oxygen atoms in total. The van der Waals surface area contributed by atoms with Crippen molar-refractivity contribution in [1.82, 2.24) is 20.4 Å². The zero-order chi connectivity index (χ0) is 18.0. The van der Waals surface area contributed by atoms with Gasteiger partial charge in [-0.25, -0.2) is 0 Å². The van der Waals surface area contributed by atoms with Crippen LogP contribution in [0.2, 0.25) is 0 Å². The number of aromatic nitrogens is 2. The Hall–Kier alpha value is -0.830. The van der Waals surface area contributed by atoms with Crippen LogP contribution in [0.15, 0.2) is 4.47 Å². The maximum Gasteiger partial charge on any atom is 0.436 e. The van der Waals surface area contributed by atoms with Crippen LogP contribution in [-0.4, -0.2) is 27.5 Å². The molecule has 2 fully saturated rings. The molecular weight excluding hydrogens is 417 g/mol. The Kier molecular flexibility index (Phi) is 5.92. The predicted molar refractivity (Wildman–Crippen MR) is 97.5 cm³/mol. The molecule has 3 rings (SSSR count). The molecule has 0 unspecified atom stereocenters. The van der Waals surface area contributed by atoms with Crippen molar-refractivity contribution in [3.05, 3.63) is 15.9 Å². The van der Waals surface area contributed by atoms with Gasteiger partial charge in [0.2, 0.25) is 0 Å². The Labute approximate surface area is 159 Å². The van der Waals surface area contributed by atoms with Crippen LogP contribution in [0.4, 0.5) is 13.2 Å². The fourth-order valence-electron chi connectivity index (χ4n) is 3.29. The summed E-state index contributed by atoms with van der Waals surface area (Å²) in [4.78, 5) is 0. The van der Waals surface area contributed by atoms with Gasteiger partial charge in [-0.1, -0.05) is 12.8 Å². The van der Waals surface area contributed by atoms with Crippen molar-refractivity contribution in [1.29, 1.82) is 0 Å². The van der Waals surface area contributed by atoms with E-state index in [2.05, 4.69) is 31.7 Å². The van der Waals surface area contributed by atoms with Crippen molar-refractivity contribution in [3.8, 4) is 0 Å². The quantitative estimate of drug-likeness (QED) is 0.511. The Bertz CT molecular complexity index is 622. The standard InChI is InChI=1S/C16H22BrF3N4S/c17-12-13(10-6-7-10)24(23-14(12)16(18,19)20)9-3-8-21-15(25)22-11-4-1-2-5-11/h10-11H,1-9H2,(H2,21,22,25). The average Bonchev–Trinajstić information content (AvgIpc) is 3.11. The lowest BCUT2D eigenvalue weighted by Gasteiger charge is -2.15. The summed E-state index contributed by atoms with van der Waals surface area (Å²) in [6, 6.07) is 0.456. The summed E-state index contributed by atoms with van der Waals surface area (Å²) >= 11 is 8.38. The largest absolute Gasteiger partial charge is 0.436 e. The second-order valence-corrected chi connectivity index (χ2v) is 7.98. The molecule has 0 amide bonds. The summed E-state index contributed by atoms with van der Waals surface area (Å²) in [5.74, 6) is 0.191. The highest BCUT2D eigenvalue weighted by Crippen LogP contribution is 2.46. The van der Waals surface area contributed by atoms with Crippen LogP contribution in [0.3, 0.4) is 0 Å². The first kappa shape index (κ1) is 18.9. The van der Waals surface area contributed by atoms with E-state index in [1.54, 1.807) is 0 Å². The fraction of sp³-hybridized carbons (Fsp3) is 0.750. The smallest absolute Gasteiger partial charge is 0.363 e. The number of aryl methyl sites for hydroxylation is 1. The maximum absolute atomic E-state index is 13.1. The minimum atomic E-state index is -4.43. The third kappa shape index (κ3) is 4.87. The fourth-order valence-corrected chi connectivity index (χ4v) is 4.39. The van der Waals surface area contributed by atoms with E-state index in [1.165, 1.54) is 17.5 Å². The minimum absolute atomic E-state index is 0.105. The summed E-state index contributed by atoms with van der Waals surface area (Å²) in [5.41, 5.74) is -0.139. The molecular formula is C16H22BrF3N4S. The van der Waals surface area contributed by atoms with E-state index >= 15 is 0 Å². The van der Waals surface area contributed by atoms with Gasteiger partial charge >= 0.3 is 6.18 Å². The van der Waals surface area contributed by atoms with Crippen molar-refractivity contribution in [2.45, 2.75) is 69.6 Å². The first-order chi connectivity index (χ1) is 11.9. The molecule has 0 spiro atoms. The van der Waals surface area contributed by atoms with Crippen LogP contribution < -0.4 is 10.6 Å². The van der Waals surface area contributed by atoms with Gasteiger partial charge in [0.1, 0.15) is 0 Å². The second-order valence-electron chi connectivity index (χ2n) is 6.78. The Morgan fingerprint density at radius 1 is 1.24 bits per heavy atom. The van der Waals surface area contributed by atoms with Crippen LogP contribution in [0.5, 0.6) is 0 Å². The second kappa shape index (κ2) is 7.82. The number of thiocarbonyl (C=S) groups is 1. The predicted octanol–water partition coefficient (Wildman–Crippen LogP) is 4.34. The van der Waals surface area contributed by atoms with Crippen molar-refractivity contribution in [2.75, 3.05) is 6.54 Å². The Morgan fingerprint density at radius 3 is 2.52 bits per heavy atom. The number of alkyl halides is 3. The van der Waals surface area contributed by atoms with Gasteiger partial charge in [0.05, 0.1) is 10.2 Å². The van der Waals surface area contributed by atoms with Gasteiger partial charge in [0.25, 0.3) is 0 Å². The number of rotatable bonds is 6. The monoisotopic (exact) mass is 438 g/mol. The van der Waals surface area contributed by atoms with Gasteiger partial charge in [-0.15, -0.1) is 0 Å². The van der Waals surface area contributed by atoms with E-state index < -0.39 is 11.9 Å². The lowest BCUT2D eigenvalue weighted by atomic mass is 10.2. The number of hydrogen-bond donors (Lipinski definition) is 2. The first-order valence-corrected chi connectivity index (χ1v) is 9.94. The van der Waals surface area contributed by atoms with E-state index in [0.717, 1.165) is 25.7 Å². The third-order valence-electron chi connectivity index (χ3n) is 4.69. The van der Waals surface area contributed by atoms with Crippen molar-refractivity contribution in [3.63, 3.8) is 0 Å². The average molecular weight is 439 g/mol. The molecule has 1 aromatic heterocycles. The molecule has 1 heterocycles. The van der Waals surface area contributed by atoms with Gasteiger partial charge in [-0.2, -0.15) is 18.3 Å². The van der Waals surface area contributed by atoms with E-state index in [0.29, 0.717) is 36.4 Å². The molecule has 2 aliphatic carbocycles. The number of hydrogen-bond acceptors (Lipinski definition) is 2. The van der Waals surface area contributed by atoms with Crippen molar-refractivity contribution >= 4 is 33.3 Å². The molecule has 140 valence electrons. The molecule has 9 heteroatoms. The molecule has 2 aliphatic rings. The zero-order valence-electron chi connectivity index (χ0n) is 13.8. The highest BCUT2D eigenvalue weighted by molar-refractivity contribution is 9.10. The summed E-state index contributed by atoms with van der Waals surface area (Å²) in [6.45, 7) is 1.06. The summed E-state index contributed by atoms with van der Waals surface area (Å²) in [6.07, 6.45) is 2.85. The molecule has 2 saturated carbocycles. The normalized spacial score (nSPS) is 18.6. The SMILES string of the molecule is FC(F)(F)c1nn(CCCNC(=S)NC2CCCC2)c(C2CC2)c1Br. The van der Waals surface area contributed by atoms with Gasteiger partial charge < -0.3 is 10.6 Å². The molecule has 0 bridgehead atoms. The minimum Gasteiger partial charge on any atom is -0.363 e. The van der Waals surface area contributed by atoms with Crippen LogP contribution >= 0.6 is 28.1 Å². The highest BCUT2D eigenvalue weighted by Gasteiger charge is 2.41. The van der Waals surface area contributed by atoms with Crippen LogP contribution in [-0.2, 0) is 12.7 Å². The molecule has 0 radical (unpaired) electrons. The zero-order valence-corrected chi connectivity index (χ0v) is 16.2. The van der Waals surface area contributed by atoms with Crippen LogP contribution in [0.1, 0.15) is 62.3 Å². The van der Waals surface area contributed by atoms with E-state index in [9.17, 15) is 13.2 Å². The topological polar surface area (TPSA) is 41.9 Å². The molecule has 25 heavy (non-hydrogen) atoms. The molecule has 2 N–H and O–H groups in total. The Morgan fingerprint density at radius 2 is 1.92 bits per heavy atom. The number of nitrogens with one attached hydrogen (secondary N) is 2. The van der Waals surface area contributed by atoms with Crippen LogP contribution in [0, 0.1) is 0 Å². The molecule has 0 atom stereocenters. The van der Waals surface area contributed by atoms with Crippen LogP contribution in [0.25, 0.3) is 0 Å². The van der Waals surface area contributed by atoms with Crippen molar-refractivity contribution in [2.24, 2.45) is 0 Å². The van der Waals surface area contributed by atoms with E-state index in [-0.39, 0.29) is 10.4 Å². The van der Waals surface area contributed by atoms with Gasteiger partial charge in [0, 0.05) is 25.0 Å². The third-order valence-corrected chi connectivity index (χ3v) is 5.73. The molecule has 0 aliphatic heterocycles. The maximum atomic E-state index is 13.1. The number of nitrogens with zero attached hydrogens (tertiary/aromatic N) is 2. The first-order valence-electron chi connectivity index (χ1n) is 8.74. The van der Waals surface area contributed by atoms with Gasteiger partial charge in [-0.3, -0.25) is 4.68 Å². The summed E-state index contributed by atoms with van der Waals surface area (Å²) in [5, 5.41) is 10.9. The van der Waals surface area contributed by atoms with E-state index in [4.69, 9.17) is 12.2 Å². The summed E-state index contributed by atoms with van der Waals surface area (Å²) < 4.78 is 40.8.